The second-order valence-electron chi connectivity index (χ2n) is 5.43. The maximum Gasteiger partial charge on any atom is 0.279 e. The minimum Gasteiger partial charge on any atom is -0.332 e. The first-order valence-electron chi connectivity index (χ1n) is 7.21. The van der Waals surface area contributed by atoms with E-state index in [1.807, 2.05) is 43.4 Å². The van der Waals surface area contributed by atoms with Crippen LogP contribution in [-0.4, -0.2) is 12.5 Å². The van der Waals surface area contributed by atoms with Crippen molar-refractivity contribution in [3.63, 3.8) is 0 Å². The first-order chi connectivity index (χ1) is 10.9. The van der Waals surface area contributed by atoms with Crippen LogP contribution in [0.3, 0.4) is 0 Å². The lowest BCUT2D eigenvalue weighted by atomic mass is 10.1. The number of anilines is 1. The Hall–Kier alpha value is -1.07. The zero-order valence-corrected chi connectivity index (χ0v) is 16.0. The van der Waals surface area contributed by atoms with Crippen LogP contribution in [-0.2, 0) is 4.79 Å². The molecule has 3 nitrogen and oxygen atoms in total. The molecular weight excluding hydrogens is 399 g/mol. The summed E-state index contributed by atoms with van der Waals surface area (Å²) >= 11 is 15.5. The van der Waals surface area contributed by atoms with Crippen LogP contribution in [0.25, 0.3) is 0 Å². The number of hydrogen-bond acceptors (Lipinski definition) is 1. The largest absolute Gasteiger partial charge is 0.332 e. The van der Waals surface area contributed by atoms with Gasteiger partial charge in [0.1, 0.15) is 6.04 Å². The summed E-state index contributed by atoms with van der Waals surface area (Å²) in [5.41, 5.74) is 2.86. The highest BCUT2D eigenvalue weighted by Gasteiger charge is 2.15. The van der Waals surface area contributed by atoms with E-state index in [4.69, 9.17) is 23.2 Å². The van der Waals surface area contributed by atoms with Gasteiger partial charge in [-0.15, -0.1) is 0 Å². The van der Waals surface area contributed by atoms with Crippen molar-refractivity contribution in [3.05, 3.63) is 62.0 Å². The maximum absolute atomic E-state index is 12.1. The van der Waals surface area contributed by atoms with E-state index in [2.05, 4.69) is 21.2 Å². The van der Waals surface area contributed by atoms with Crippen LogP contribution in [0.1, 0.15) is 24.1 Å². The third-order valence-corrected chi connectivity index (χ3v) is 4.73. The van der Waals surface area contributed by atoms with Gasteiger partial charge in [-0.1, -0.05) is 35.3 Å². The Bertz CT molecular complexity index is 722. The van der Waals surface area contributed by atoms with Crippen molar-refractivity contribution in [2.24, 2.45) is 0 Å². The normalized spacial score (nSPS) is 12.0. The minimum atomic E-state index is -0.0634. The summed E-state index contributed by atoms with van der Waals surface area (Å²) in [6.07, 6.45) is 0. The first-order valence-corrected chi connectivity index (χ1v) is 8.76. The third-order valence-electron chi connectivity index (χ3n) is 3.51. The van der Waals surface area contributed by atoms with Gasteiger partial charge in [0.2, 0.25) is 0 Å². The molecule has 23 heavy (non-hydrogen) atoms. The standard InChI is InChI=1S/C17H17BrCl2N2O/c1-10-3-6-16(14(18)7-10)22-17(23)9-21-11(2)13-5-4-12(19)8-15(13)20/h3-8,11,21H,9H2,1-2H3,(H,22,23)/p+1/t11-/m0/s1. The van der Waals surface area contributed by atoms with Crippen LogP contribution in [0.2, 0.25) is 10.0 Å². The van der Waals surface area contributed by atoms with Gasteiger partial charge in [-0.2, -0.15) is 0 Å². The van der Waals surface area contributed by atoms with E-state index < -0.39 is 0 Å². The Kier molecular flexibility index (Phi) is 6.48. The molecule has 0 saturated carbocycles. The zero-order chi connectivity index (χ0) is 17.0. The molecule has 3 N–H and O–H groups in total. The van der Waals surface area contributed by atoms with Gasteiger partial charge in [0.15, 0.2) is 6.54 Å². The van der Waals surface area contributed by atoms with Gasteiger partial charge in [-0.25, -0.2) is 0 Å². The van der Waals surface area contributed by atoms with Crippen LogP contribution < -0.4 is 10.6 Å². The molecule has 0 saturated heterocycles. The van der Waals surface area contributed by atoms with Crippen molar-refractivity contribution in [2.45, 2.75) is 19.9 Å². The summed E-state index contributed by atoms with van der Waals surface area (Å²) < 4.78 is 0.875. The second kappa shape index (κ2) is 8.15. The summed E-state index contributed by atoms with van der Waals surface area (Å²) in [6, 6.07) is 11.3. The molecule has 0 unspecified atom stereocenters. The number of rotatable bonds is 5. The number of carbonyl (C=O) groups is 1. The molecular formula is C17H18BrCl2N2O+. The molecule has 0 aliphatic heterocycles. The Morgan fingerprint density at radius 3 is 2.65 bits per heavy atom. The van der Waals surface area contributed by atoms with E-state index in [0.29, 0.717) is 16.6 Å². The maximum atomic E-state index is 12.1. The highest BCUT2D eigenvalue weighted by molar-refractivity contribution is 9.10. The minimum absolute atomic E-state index is 0.0620. The molecule has 1 atom stereocenters. The number of nitrogens with two attached hydrogens (primary N) is 1. The number of amides is 1. The van der Waals surface area contributed by atoms with Gasteiger partial charge in [0.25, 0.3) is 5.91 Å². The summed E-state index contributed by atoms with van der Waals surface area (Å²) in [5.74, 6) is -0.0634. The molecule has 0 fully saturated rings. The SMILES string of the molecule is Cc1ccc(NC(=O)C[NH2+][C@@H](C)c2ccc(Cl)cc2Cl)c(Br)c1. The molecule has 2 rings (SSSR count). The van der Waals surface area contributed by atoms with Crippen molar-refractivity contribution < 1.29 is 10.1 Å². The number of hydrogen-bond donors (Lipinski definition) is 2. The van der Waals surface area contributed by atoms with Gasteiger partial charge in [0, 0.05) is 15.1 Å². The van der Waals surface area contributed by atoms with Crippen LogP contribution in [0.4, 0.5) is 5.69 Å². The monoisotopic (exact) mass is 415 g/mol. The number of quaternary nitrogens is 1. The van der Waals surface area contributed by atoms with E-state index in [1.54, 1.807) is 12.1 Å². The number of nitrogens with one attached hydrogen (secondary N) is 1. The molecule has 0 aromatic heterocycles. The molecule has 2 aromatic carbocycles. The predicted molar refractivity (Wildman–Crippen MR) is 99.2 cm³/mol. The highest BCUT2D eigenvalue weighted by atomic mass is 79.9. The van der Waals surface area contributed by atoms with Gasteiger partial charge < -0.3 is 10.6 Å². The number of halogens is 3. The molecule has 0 heterocycles. The Labute approximate surface area is 154 Å². The van der Waals surface area contributed by atoms with Gasteiger partial charge in [-0.3, -0.25) is 4.79 Å². The zero-order valence-electron chi connectivity index (χ0n) is 12.9. The fourth-order valence-electron chi connectivity index (χ4n) is 2.20. The molecule has 0 radical (unpaired) electrons. The van der Waals surface area contributed by atoms with Crippen LogP contribution in [0, 0.1) is 6.92 Å². The predicted octanol–water partition coefficient (Wildman–Crippen LogP) is 4.33. The van der Waals surface area contributed by atoms with Crippen molar-refractivity contribution in [2.75, 3.05) is 11.9 Å². The smallest absolute Gasteiger partial charge is 0.279 e. The number of aryl methyl sites for hydroxylation is 1. The van der Waals surface area contributed by atoms with E-state index in [1.165, 1.54) is 0 Å². The topological polar surface area (TPSA) is 45.7 Å². The summed E-state index contributed by atoms with van der Waals surface area (Å²) in [5, 5.41) is 6.05. The van der Waals surface area contributed by atoms with Gasteiger partial charge in [0.05, 0.1) is 10.7 Å². The van der Waals surface area contributed by atoms with Gasteiger partial charge >= 0.3 is 0 Å². The average molecular weight is 417 g/mol. The van der Waals surface area contributed by atoms with Crippen molar-refractivity contribution in [3.8, 4) is 0 Å². The van der Waals surface area contributed by atoms with Crippen LogP contribution in [0.5, 0.6) is 0 Å². The summed E-state index contributed by atoms with van der Waals surface area (Å²) in [4.78, 5) is 12.1. The molecule has 6 heteroatoms. The van der Waals surface area contributed by atoms with Crippen molar-refractivity contribution >= 4 is 50.7 Å². The lowest BCUT2D eigenvalue weighted by molar-refractivity contribution is -0.682. The quantitative estimate of drug-likeness (QED) is 0.748. The van der Waals surface area contributed by atoms with Gasteiger partial charge in [-0.05, 0) is 59.6 Å². The fourth-order valence-corrected chi connectivity index (χ4v) is 3.38. The van der Waals surface area contributed by atoms with E-state index in [-0.39, 0.29) is 11.9 Å². The third kappa shape index (κ3) is 5.21. The molecule has 0 spiro atoms. The Morgan fingerprint density at radius 2 is 2.00 bits per heavy atom. The molecule has 1 amide bonds. The molecule has 2 aromatic rings. The Balaban J connectivity index is 1.93. The average Bonchev–Trinajstić information content (AvgIpc) is 2.48. The fraction of sp³-hybridized carbons (Fsp3) is 0.235. The van der Waals surface area contributed by atoms with E-state index in [0.717, 1.165) is 21.3 Å². The molecule has 122 valence electrons. The Morgan fingerprint density at radius 1 is 1.26 bits per heavy atom. The lowest BCUT2D eigenvalue weighted by Gasteiger charge is -2.13. The molecule has 0 aliphatic carbocycles. The molecule has 0 bridgehead atoms. The van der Waals surface area contributed by atoms with Crippen molar-refractivity contribution in [1.82, 2.24) is 0 Å². The highest BCUT2D eigenvalue weighted by Crippen LogP contribution is 2.25. The number of carbonyl (C=O) groups excluding carboxylic acids is 1. The summed E-state index contributed by atoms with van der Waals surface area (Å²) in [6.45, 7) is 4.31. The van der Waals surface area contributed by atoms with E-state index >= 15 is 0 Å². The molecule has 0 aliphatic rings. The number of benzene rings is 2. The van der Waals surface area contributed by atoms with Crippen LogP contribution in [0.15, 0.2) is 40.9 Å². The lowest BCUT2D eigenvalue weighted by Crippen LogP contribution is -2.86. The second-order valence-corrected chi connectivity index (χ2v) is 7.12. The van der Waals surface area contributed by atoms with E-state index in [9.17, 15) is 4.79 Å². The first kappa shape index (κ1) is 18.3. The van der Waals surface area contributed by atoms with Crippen molar-refractivity contribution in [1.29, 1.82) is 0 Å². The van der Waals surface area contributed by atoms with Crippen LogP contribution >= 0.6 is 39.1 Å². The summed E-state index contributed by atoms with van der Waals surface area (Å²) in [7, 11) is 0.